The number of nitrogens with two attached hydrogens (primary N) is 1. The number of rotatable bonds is 3. The summed E-state index contributed by atoms with van der Waals surface area (Å²) in [6.45, 7) is -1.33. The standard InChI is InChI=1S/C11H11ClF3NO/c12-8-3-7(10(16)1-2-10)4-9(5-8)17-6-11(13,14)15/h3-5H,1-2,6,16H2. The third kappa shape index (κ3) is 3.26. The Balaban J connectivity index is 2.15. The molecule has 94 valence electrons. The smallest absolute Gasteiger partial charge is 0.422 e. The second-order valence-electron chi connectivity index (χ2n) is 4.24. The zero-order valence-corrected chi connectivity index (χ0v) is 9.61. The SMILES string of the molecule is NC1(c2cc(Cl)cc(OCC(F)(F)F)c2)CC1. The van der Waals surface area contributed by atoms with Crippen molar-refractivity contribution in [3.8, 4) is 5.75 Å². The molecule has 6 heteroatoms. The van der Waals surface area contributed by atoms with Gasteiger partial charge in [-0.15, -0.1) is 0 Å². The Morgan fingerprint density at radius 2 is 1.94 bits per heavy atom. The van der Waals surface area contributed by atoms with Gasteiger partial charge in [0.25, 0.3) is 0 Å². The first-order valence-corrected chi connectivity index (χ1v) is 5.46. The van der Waals surface area contributed by atoms with Crippen LogP contribution in [0.1, 0.15) is 18.4 Å². The summed E-state index contributed by atoms with van der Waals surface area (Å²) in [5.74, 6) is 0.0987. The number of benzene rings is 1. The first-order chi connectivity index (χ1) is 7.78. The van der Waals surface area contributed by atoms with Gasteiger partial charge in [-0.05, 0) is 36.6 Å². The molecule has 0 unspecified atom stereocenters. The largest absolute Gasteiger partial charge is 0.484 e. The van der Waals surface area contributed by atoms with Gasteiger partial charge in [0.2, 0.25) is 0 Å². The van der Waals surface area contributed by atoms with E-state index in [1.165, 1.54) is 12.1 Å². The maximum absolute atomic E-state index is 12.0. The molecule has 0 aromatic heterocycles. The summed E-state index contributed by atoms with van der Waals surface area (Å²) >= 11 is 5.82. The van der Waals surface area contributed by atoms with Crippen molar-refractivity contribution in [2.45, 2.75) is 24.6 Å². The number of hydrogen-bond acceptors (Lipinski definition) is 2. The Labute approximate surface area is 102 Å². The molecule has 0 spiro atoms. The van der Waals surface area contributed by atoms with E-state index in [0.717, 1.165) is 18.4 Å². The zero-order valence-electron chi connectivity index (χ0n) is 8.85. The van der Waals surface area contributed by atoms with Crippen LogP contribution in [-0.4, -0.2) is 12.8 Å². The Bertz CT molecular complexity index is 429. The monoisotopic (exact) mass is 265 g/mol. The molecule has 0 heterocycles. The fraction of sp³-hybridized carbons (Fsp3) is 0.455. The predicted molar refractivity (Wildman–Crippen MR) is 58.1 cm³/mol. The first-order valence-electron chi connectivity index (χ1n) is 5.08. The van der Waals surface area contributed by atoms with Gasteiger partial charge < -0.3 is 10.5 Å². The highest BCUT2D eigenvalue weighted by atomic mass is 35.5. The molecular formula is C11H11ClF3NO. The molecule has 0 atom stereocenters. The summed E-state index contributed by atoms with van der Waals surface area (Å²) in [6.07, 6.45) is -2.74. The first kappa shape index (κ1) is 12.5. The number of alkyl halides is 3. The molecular weight excluding hydrogens is 255 g/mol. The molecule has 2 nitrogen and oxygen atoms in total. The van der Waals surface area contributed by atoms with E-state index < -0.39 is 18.3 Å². The van der Waals surface area contributed by atoms with E-state index in [1.54, 1.807) is 6.07 Å². The number of hydrogen-bond donors (Lipinski definition) is 1. The number of halogens is 4. The van der Waals surface area contributed by atoms with E-state index in [9.17, 15) is 13.2 Å². The van der Waals surface area contributed by atoms with Crippen LogP contribution < -0.4 is 10.5 Å². The van der Waals surface area contributed by atoms with E-state index in [-0.39, 0.29) is 5.75 Å². The maximum Gasteiger partial charge on any atom is 0.422 e. The Hall–Kier alpha value is -0.940. The lowest BCUT2D eigenvalue weighted by Gasteiger charge is -2.14. The maximum atomic E-state index is 12.0. The van der Waals surface area contributed by atoms with Gasteiger partial charge in [-0.2, -0.15) is 13.2 Å². The van der Waals surface area contributed by atoms with Crippen LogP contribution in [0.25, 0.3) is 0 Å². The van der Waals surface area contributed by atoms with Crippen molar-refractivity contribution in [2.75, 3.05) is 6.61 Å². The minimum absolute atomic E-state index is 0.0987. The molecule has 1 aromatic rings. The van der Waals surface area contributed by atoms with E-state index in [2.05, 4.69) is 4.74 Å². The molecule has 0 aliphatic heterocycles. The van der Waals surface area contributed by atoms with Crippen molar-refractivity contribution in [2.24, 2.45) is 5.73 Å². The molecule has 2 rings (SSSR count). The molecule has 0 radical (unpaired) electrons. The molecule has 1 aliphatic rings. The van der Waals surface area contributed by atoms with E-state index in [0.29, 0.717) is 5.02 Å². The normalized spacial score (nSPS) is 17.9. The van der Waals surface area contributed by atoms with Gasteiger partial charge >= 0.3 is 6.18 Å². The third-order valence-electron chi connectivity index (χ3n) is 2.64. The fourth-order valence-electron chi connectivity index (χ4n) is 1.52. The molecule has 1 fully saturated rings. The topological polar surface area (TPSA) is 35.2 Å². The highest BCUT2D eigenvalue weighted by Crippen LogP contribution is 2.44. The lowest BCUT2D eigenvalue weighted by Crippen LogP contribution is -2.21. The van der Waals surface area contributed by atoms with Gasteiger partial charge in [-0.25, -0.2) is 0 Å². The second kappa shape index (κ2) is 4.07. The van der Waals surface area contributed by atoms with E-state index in [4.69, 9.17) is 17.3 Å². The van der Waals surface area contributed by atoms with Gasteiger partial charge in [0, 0.05) is 10.6 Å². The third-order valence-corrected chi connectivity index (χ3v) is 2.86. The highest BCUT2D eigenvalue weighted by molar-refractivity contribution is 6.30. The van der Waals surface area contributed by atoms with Gasteiger partial charge in [0.1, 0.15) is 5.75 Å². The van der Waals surface area contributed by atoms with Gasteiger partial charge in [0.05, 0.1) is 0 Å². The summed E-state index contributed by atoms with van der Waals surface area (Å²) in [7, 11) is 0. The molecule has 2 N–H and O–H groups in total. The lowest BCUT2D eigenvalue weighted by molar-refractivity contribution is -0.153. The van der Waals surface area contributed by atoms with Crippen molar-refractivity contribution < 1.29 is 17.9 Å². The van der Waals surface area contributed by atoms with Crippen molar-refractivity contribution in [3.63, 3.8) is 0 Å². The fourth-order valence-corrected chi connectivity index (χ4v) is 1.75. The molecule has 0 saturated heterocycles. The summed E-state index contributed by atoms with van der Waals surface area (Å²) in [5.41, 5.74) is 6.23. The Morgan fingerprint density at radius 3 is 2.47 bits per heavy atom. The Kier molecular flexibility index (Phi) is 2.99. The van der Waals surface area contributed by atoms with Gasteiger partial charge in [0.15, 0.2) is 6.61 Å². The van der Waals surface area contributed by atoms with Crippen LogP contribution in [0.5, 0.6) is 5.75 Å². The van der Waals surface area contributed by atoms with Crippen LogP contribution >= 0.6 is 11.6 Å². The molecule has 1 saturated carbocycles. The van der Waals surface area contributed by atoms with Crippen molar-refractivity contribution in [1.29, 1.82) is 0 Å². The molecule has 17 heavy (non-hydrogen) atoms. The van der Waals surface area contributed by atoms with Crippen LogP contribution in [0.15, 0.2) is 18.2 Å². The van der Waals surface area contributed by atoms with Crippen LogP contribution in [0.4, 0.5) is 13.2 Å². The molecule has 0 amide bonds. The van der Waals surface area contributed by atoms with E-state index >= 15 is 0 Å². The summed E-state index contributed by atoms with van der Waals surface area (Å²) < 4.78 is 40.7. The lowest BCUT2D eigenvalue weighted by atomic mass is 10.1. The average Bonchev–Trinajstić information content (AvgIpc) is 2.93. The quantitative estimate of drug-likeness (QED) is 0.911. The minimum atomic E-state index is -4.36. The van der Waals surface area contributed by atoms with Crippen LogP contribution in [0, 0.1) is 0 Å². The highest BCUT2D eigenvalue weighted by Gasteiger charge is 2.40. The van der Waals surface area contributed by atoms with Gasteiger partial charge in [-0.1, -0.05) is 11.6 Å². The number of ether oxygens (including phenoxy) is 1. The van der Waals surface area contributed by atoms with Crippen LogP contribution in [0.2, 0.25) is 5.02 Å². The average molecular weight is 266 g/mol. The minimum Gasteiger partial charge on any atom is -0.484 e. The zero-order chi connectivity index (χ0) is 12.7. The molecule has 0 bridgehead atoms. The van der Waals surface area contributed by atoms with Gasteiger partial charge in [-0.3, -0.25) is 0 Å². The molecule has 1 aromatic carbocycles. The van der Waals surface area contributed by atoms with Crippen molar-refractivity contribution in [3.05, 3.63) is 28.8 Å². The molecule has 1 aliphatic carbocycles. The summed E-state index contributed by atoms with van der Waals surface area (Å²) in [4.78, 5) is 0. The predicted octanol–water partition coefficient (Wildman–Crippen LogP) is 3.23. The Morgan fingerprint density at radius 1 is 1.29 bits per heavy atom. The van der Waals surface area contributed by atoms with Crippen LogP contribution in [-0.2, 0) is 5.54 Å². The van der Waals surface area contributed by atoms with Crippen molar-refractivity contribution >= 4 is 11.6 Å². The summed E-state index contributed by atoms with van der Waals surface area (Å²) in [5, 5.41) is 0.330. The van der Waals surface area contributed by atoms with Crippen molar-refractivity contribution in [1.82, 2.24) is 0 Å². The summed E-state index contributed by atoms with van der Waals surface area (Å²) in [6, 6.07) is 4.53. The second-order valence-corrected chi connectivity index (χ2v) is 4.67. The van der Waals surface area contributed by atoms with Crippen LogP contribution in [0.3, 0.4) is 0 Å². The van der Waals surface area contributed by atoms with E-state index in [1.807, 2.05) is 0 Å².